The Labute approximate surface area is 183 Å². The van der Waals surface area contributed by atoms with Gasteiger partial charge in [-0.25, -0.2) is 0 Å². The summed E-state index contributed by atoms with van der Waals surface area (Å²) in [5.41, 5.74) is 5.94. The van der Waals surface area contributed by atoms with E-state index in [2.05, 4.69) is 59.3 Å². The van der Waals surface area contributed by atoms with Crippen molar-refractivity contribution in [3.63, 3.8) is 0 Å². The third-order valence-corrected chi connectivity index (χ3v) is 6.33. The molecule has 0 aliphatic carbocycles. The smallest absolute Gasteiger partial charge is 0.0991 e. The van der Waals surface area contributed by atoms with Crippen molar-refractivity contribution in [1.29, 1.82) is 10.5 Å². The molecule has 0 aliphatic heterocycles. The van der Waals surface area contributed by atoms with Gasteiger partial charge in [0.05, 0.1) is 23.3 Å². The lowest BCUT2D eigenvalue weighted by atomic mass is 10.1. The van der Waals surface area contributed by atoms with Crippen LogP contribution in [0.3, 0.4) is 0 Å². The Morgan fingerprint density at radius 2 is 0.967 bits per heavy atom. The Morgan fingerprint density at radius 3 is 1.33 bits per heavy atom. The third-order valence-electron chi connectivity index (χ3n) is 4.53. The predicted molar refractivity (Wildman–Crippen MR) is 128 cm³/mol. The molecule has 0 N–H and O–H groups in total. The van der Waals surface area contributed by atoms with E-state index in [4.69, 9.17) is 10.5 Å². The van der Waals surface area contributed by atoms with Gasteiger partial charge in [-0.2, -0.15) is 10.5 Å². The molecule has 0 atom stereocenters. The van der Waals surface area contributed by atoms with Crippen LogP contribution >= 0.6 is 22.7 Å². The highest BCUT2D eigenvalue weighted by molar-refractivity contribution is 7.12. The molecular weight excluding hydrogens is 404 g/mol. The van der Waals surface area contributed by atoms with Crippen LogP contribution in [-0.2, 0) is 0 Å². The molecule has 4 rings (SSSR count). The van der Waals surface area contributed by atoms with Gasteiger partial charge in [-0.05, 0) is 81.6 Å². The number of rotatable bonds is 5. The van der Waals surface area contributed by atoms with E-state index in [9.17, 15) is 0 Å². The van der Waals surface area contributed by atoms with Crippen molar-refractivity contribution in [2.24, 2.45) is 0 Å². The summed E-state index contributed by atoms with van der Waals surface area (Å²) in [7, 11) is 0. The zero-order chi connectivity index (χ0) is 20.8. The van der Waals surface area contributed by atoms with E-state index in [1.165, 1.54) is 20.9 Å². The molecule has 0 fully saturated rings. The van der Waals surface area contributed by atoms with Gasteiger partial charge in [0.25, 0.3) is 0 Å². The highest BCUT2D eigenvalue weighted by Gasteiger charge is 2.04. The SMILES string of the molecule is N#Cc1ccc(C=Cc2cc(-c3csc(C=Cc4ccc(C#N)cc4)c3)cs2)cc1. The van der Waals surface area contributed by atoms with Crippen LogP contribution in [0.5, 0.6) is 0 Å². The average Bonchev–Trinajstić information content (AvgIpc) is 3.46. The van der Waals surface area contributed by atoms with Crippen LogP contribution < -0.4 is 0 Å². The van der Waals surface area contributed by atoms with Gasteiger partial charge in [0.2, 0.25) is 0 Å². The standard InChI is InChI=1S/C26H16N2S2/c27-15-21-5-1-19(2-6-21)9-11-25-13-23(17-29-25)24-14-26(30-18-24)12-10-20-3-7-22(16-28)8-4-20/h1-14,17-18H. The molecule has 0 saturated carbocycles. The fourth-order valence-corrected chi connectivity index (χ4v) is 4.50. The molecule has 0 amide bonds. The summed E-state index contributed by atoms with van der Waals surface area (Å²) >= 11 is 3.43. The zero-order valence-corrected chi connectivity index (χ0v) is 17.6. The molecular formula is C26H16N2S2. The summed E-state index contributed by atoms with van der Waals surface area (Å²) in [6, 6.07) is 23.8. The van der Waals surface area contributed by atoms with E-state index in [1.807, 2.05) is 48.5 Å². The van der Waals surface area contributed by atoms with E-state index >= 15 is 0 Å². The molecule has 0 spiro atoms. The van der Waals surface area contributed by atoms with Crippen LogP contribution in [0, 0.1) is 22.7 Å². The second kappa shape index (κ2) is 9.20. The van der Waals surface area contributed by atoms with E-state index in [0.29, 0.717) is 11.1 Å². The Morgan fingerprint density at radius 1 is 0.567 bits per heavy atom. The fraction of sp³-hybridized carbons (Fsp3) is 0. The van der Waals surface area contributed by atoms with Crippen LogP contribution in [0.1, 0.15) is 32.0 Å². The van der Waals surface area contributed by atoms with E-state index in [-0.39, 0.29) is 0 Å². The summed E-state index contributed by atoms with van der Waals surface area (Å²) in [5.74, 6) is 0. The molecule has 4 heteroatoms. The van der Waals surface area contributed by atoms with Crippen LogP contribution in [0.4, 0.5) is 0 Å². The normalized spacial score (nSPS) is 11.0. The molecule has 4 aromatic rings. The van der Waals surface area contributed by atoms with Crippen LogP contribution in [0.2, 0.25) is 0 Å². The third kappa shape index (κ3) is 4.82. The van der Waals surface area contributed by atoms with Crippen molar-refractivity contribution >= 4 is 47.0 Å². The largest absolute Gasteiger partial charge is 0.192 e. The van der Waals surface area contributed by atoms with Gasteiger partial charge < -0.3 is 0 Å². The molecule has 30 heavy (non-hydrogen) atoms. The molecule has 0 saturated heterocycles. The minimum Gasteiger partial charge on any atom is -0.192 e. The number of hydrogen-bond acceptors (Lipinski definition) is 4. The van der Waals surface area contributed by atoms with Crippen LogP contribution in [0.15, 0.2) is 71.4 Å². The molecule has 0 bridgehead atoms. The van der Waals surface area contributed by atoms with Crippen molar-refractivity contribution in [3.05, 3.63) is 103 Å². The molecule has 2 aromatic carbocycles. The monoisotopic (exact) mass is 420 g/mol. The maximum atomic E-state index is 8.88. The van der Waals surface area contributed by atoms with Gasteiger partial charge in [-0.1, -0.05) is 36.4 Å². The minimum atomic E-state index is 0.673. The molecule has 2 nitrogen and oxygen atoms in total. The first-order valence-corrected chi connectivity index (χ1v) is 11.0. The fourth-order valence-electron chi connectivity index (χ4n) is 2.88. The van der Waals surface area contributed by atoms with Crippen molar-refractivity contribution in [2.45, 2.75) is 0 Å². The van der Waals surface area contributed by atoms with Crippen molar-refractivity contribution in [1.82, 2.24) is 0 Å². The average molecular weight is 421 g/mol. The van der Waals surface area contributed by atoms with Gasteiger partial charge in [0, 0.05) is 9.75 Å². The zero-order valence-electron chi connectivity index (χ0n) is 15.9. The lowest BCUT2D eigenvalue weighted by molar-refractivity contribution is 1.48. The molecule has 0 radical (unpaired) electrons. The van der Waals surface area contributed by atoms with Crippen molar-refractivity contribution in [3.8, 4) is 23.3 Å². The maximum Gasteiger partial charge on any atom is 0.0991 e. The number of benzene rings is 2. The quantitative estimate of drug-likeness (QED) is 0.334. The highest BCUT2D eigenvalue weighted by Crippen LogP contribution is 2.31. The van der Waals surface area contributed by atoms with Gasteiger partial charge >= 0.3 is 0 Å². The molecule has 0 unspecified atom stereocenters. The van der Waals surface area contributed by atoms with Crippen LogP contribution in [0.25, 0.3) is 35.4 Å². The second-order valence-electron chi connectivity index (χ2n) is 6.61. The van der Waals surface area contributed by atoms with Crippen molar-refractivity contribution < 1.29 is 0 Å². The lowest BCUT2D eigenvalue weighted by Crippen LogP contribution is -1.74. The summed E-state index contributed by atoms with van der Waals surface area (Å²) in [5, 5.41) is 22.1. The first-order chi connectivity index (χ1) is 14.7. The summed E-state index contributed by atoms with van der Waals surface area (Å²) in [4.78, 5) is 2.38. The van der Waals surface area contributed by atoms with E-state index in [1.54, 1.807) is 22.7 Å². The number of hydrogen-bond donors (Lipinski definition) is 0. The number of nitriles is 2. The minimum absolute atomic E-state index is 0.673. The Balaban J connectivity index is 1.44. The summed E-state index contributed by atoms with van der Waals surface area (Å²) in [6.07, 6.45) is 8.34. The first kappa shape index (κ1) is 19.6. The molecule has 142 valence electrons. The van der Waals surface area contributed by atoms with Crippen LogP contribution in [-0.4, -0.2) is 0 Å². The first-order valence-electron chi connectivity index (χ1n) is 9.27. The highest BCUT2D eigenvalue weighted by atomic mass is 32.1. The van der Waals surface area contributed by atoms with Gasteiger partial charge in [-0.15, -0.1) is 22.7 Å². The summed E-state index contributed by atoms with van der Waals surface area (Å²) in [6.45, 7) is 0. The number of nitrogens with zero attached hydrogens (tertiary/aromatic N) is 2. The van der Waals surface area contributed by atoms with E-state index in [0.717, 1.165) is 11.1 Å². The maximum absolute atomic E-state index is 8.88. The summed E-state index contributed by atoms with van der Waals surface area (Å²) < 4.78 is 0. The molecule has 2 aromatic heterocycles. The lowest BCUT2D eigenvalue weighted by Gasteiger charge is -1.93. The van der Waals surface area contributed by atoms with Gasteiger partial charge in [0.1, 0.15) is 0 Å². The van der Waals surface area contributed by atoms with Gasteiger partial charge in [0.15, 0.2) is 0 Å². The van der Waals surface area contributed by atoms with Crippen molar-refractivity contribution in [2.75, 3.05) is 0 Å². The Bertz CT molecular complexity index is 1190. The molecule has 2 heterocycles. The van der Waals surface area contributed by atoms with E-state index < -0.39 is 0 Å². The Hall–Kier alpha value is -3.70. The Kier molecular flexibility index (Phi) is 6.01. The van der Waals surface area contributed by atoms with Gasteiger partial charge in [-0.3, -0.25) is 0 Å². The predicted octanol–water partition coefficient (Wildman–Crippen LogP) is 7.56. The molecule has 0 aliphatic rings. The second-order valence-corrected chi connectivity index (χ2v) is 8.50. The topological polar surface area (TPSA) is 47.6 Å². The number of thiophene rings is 2.